The monoisotopic (exact) mass is 708 g/mol. The lowest BCUT2D eigenvalue weighted by Crippen LogP contribution is -2.30. The number of nitrogens with zero attached hydrogens (tertiary/aromatic N) is 2. The quantitative estimate of drug-likeness (QED) is 0.0517. The molecule has 49 heavy (non-hydrogen) atoms. The molecule has 274 valence electrons. The van der Waals surface area contributed by atoms with Gasteiger partial charge in [0.2, 0.25) is 0 Å². The summed E-state index contributed by atoms with van der Waals surface area (Å²) in [6.45, 7) is -1.93. The van der Waals surface area contributed by atoms with Gasteiger partial charge in [-0.3, -0.25) is 9.59 Å². The van der Waals surface area contributed by atoms with Crippen LogP contribution >= 0.6 is 0 Å². The number of rotatable bonds is 22. The standard InChI is InChI=1S/C30H39F3N2O14/c31-30(32,33)20-7-5-8-22(15-20)45-17-21(36)12-13-25-24(26(37)16-27(25)38)9-3-1-2-4-10-28(39)46-18-23(19-48-35(43)44)49-29(40)11-6-14-47-34(41)42/h1,3,5,7-8,12-13,15,21,23-27,36-38H,2,4,6,9-11,14,16-19H2/t21-,23?,24-,25-,26+,27-/m1/s1. The maximum atomic E-state index is 12.9. The predicted octanol–water partition coefficient (Wildman–Crippen LogP) is 3.13. The molecule has 1 fully saturated rings. The van der Waals surface area contributed by atoms with Gasteiger partial charge in [0.1, 0.15) is 31.7 Å². The lowest BCUT2D eigenvalue weighted by molar-refractivity contribution is -0.759. The summed E-state index contributed by atoms with van der Waals surface area (Å²) in [7, 11) is 0. The molecule has 19 heteroatoms. The van der Waals surface area contributed by atoms with Gasteiger partial charge in [0, 0.05) is 25.2 Å². The van der Waals surface area contributed by atoms with E-state index in [0.29, 0.717) is 19.3 Å². The molecule has 0 radical (unpaired) electrons. The maximum Gasteiger partial charge on any atom is 0.416 e. The molecule has 0 aliphatic heterocycles. The first kappa shape index (κ1) is 40.7. The zero-order chi connectivity index (χ0) is 36.4. The molecule has 3 N–H and O–H groups in total. The Hall–Kier alpha value is -4.49. The van der Waals surface area contributed by atoms with Crippen LogP contribution < -0.4 is 4.74 Å². The van der Waals surface area contributed by atoms with Crippen LogP contribution in [-0.4, -0.2) is 88.3 Å². The predicted molar refractivity (Wildman–Crippen MR) is 159 cm³/mol. The van der Waals surface area contributed by atoms with Crippen molar-refractivity contribution in [2.75, 3.05) is 26.4 Å². The van der Waals surface area contributed by atoms with E-state index < -0.39 is 83.3 Å². The number of hydrogen-bond donors (Lipinski definition) is 3. The number of benzene rings is 1. The van der Waals surface area contributed by atoms with Crippen LogP contribution in [0.15, 0.2) is 48.6 Å². The van der Waals surface area contributed by atoms with Crippen molar-refractivity contribution in [1.29, 1.82) is 0 Å². The fourth-order valence-electron chi connectivity index (χ4n) is 4.82. The third kappa shape index (κ3) is 16.4. The number of hydrogen-bond acceptors (Lipinski definition) is 14. The molecule has 0 bridgehead atoms. The largest absolute Gasteiger partial charge is 0.491 e. The molecule has 0 amide bonds. The summed E-state index contributed by atoms with van der Waals surface area (Å²) in [5.74, 6) is -2.52. The highest BCUT2D eigenvalue weighted by Gasteiger charge is 2.39. The molecule has 1 aromatic rings. The summed E-state index contributed by atoms with van der Waals surface area (Å²) in [6, 6.07) is 4.23. The van der Waals surface area contributed by atoms with E-state index in [0.717, 1.165) is 12.1 Å². The third-order valence-electron chi connectivity index (χ3n) is 7.20. The van der Waals surface area contributed by atoms with Gasteiger partial charge in [-0.2, -0.15) is 13.2 Å². The van der Waals surface area contributed by atoms with Crippen LogP contribution in [-0.2, 0) is 34.9 Å². The molecule has 6 atom stereocenters. The van der Waals surface area contributed by atoms with Gasteiger partial charge < -0.3 is 39.2 Å². The van der Waals surface area contributed by atoms with Gasteiger partial charge in [0.25, 0.3) is 10.2 Å². The minimum absolute atomic E-state index is 0.0457. The van der Waals surface area contributed by atoms with E-state index in [2.05, 4.69) is 9.68 Å². The van der Waals surface area contributed by atoms with Crippen molar-refractivity contribution in [3.05, 3.63) is 74.4 Å². The number of allylic oxidation sites excluding steroid dienone is 2. The average Bonchev–Trinajstić information content (AvgIpc) is 3.30. The average molecular weight is 709 g/mol. The molecule has 0 aromatic heterocycles. The van der Waals surface area contributed by atoms with Gasteiger partial charge in [0.05, 0.1) is 24.4 Å². The lowest BCUT2D eigenvalue weighted by atomic mass is 9.89. The molecule has 2 rings (SSSR count). The number of carbonyl (C=O) groups is 2. The van der Waals surface area contributed by atoms with Crippen LogP contribution in [0.4, 0.5) is 13.2 Å². The fourth-order valence-corrected chi connectivity index (χ4v) is 4.82. The van der Waals surface area contributed by atoms with E-state index in [1.54, 1.807) is 18.2 Å². The maximum absolute atomic E-state index is 12.9. The zero-order valence-corrected chi connectivity index (χ0v) is 26.2. The Bertz CT molecular complexity index is 1280. The minimum atomic E-state index is -4.54. The van der Waals surface area contributed by atoms with Gasteiger partial charge in [-0.15, -0.1) is 20.2 Å². The number of unbranched alkanes of at least 4 members (excludes halogenated alkanes) is 1. The lowest BCUT2D eigenvalue weighted by Gasteiger charge is -2.19. The van der Waals surface area contributed by atoms with E-state index in [1.807, 2.05) is 0 Å². The number of aliphatic hydroxyl groups is 3. The molecule has 1 aliphatic rings. The first-order valence-electron chi connectivity index (χ1n) is 15.2. The number of carbonyl (C=O) groups excluding carboxylic acids is 2. The molecular weight excluding hydrogens is 669 g/mol. The topological polar surface area (TPSA) is 227 Å². The number of halogens is 3. The Labute approximate surface area is 278 Å². The summed E-state index contributed by atoms with van der Waals surface area (Å²) in [4.78, 5) is 52.9. The van der Waals surface area contributed by atoms with Crippen molar-refractivity contribution < 1.29 is 72.1 Å². The van der Waals surface area contributed by atoms with Gasteiger partial charge in [-0.25, -0.2) is 0 Å². The van der Waals surface area contributed by atoms with Crippen molar-refractivity contribution in [3.63, 3.8) is 0 Å². The van der Waals surface area contributed by atoms with E-state index >= 15 is 0 Å². The Morgan fingerprint density at radius 1 is 0.980 bits per heavy atom. The van der Waals surface area contributed by atoms with Crippen molar-refractivity contribution in [1.82, 2.24) is 0 Å². The number of ether oxygens (including phenoxy) is 3. The van der Waals surface area contributed by atoms with E-state index in [9.17, 15) is 58.3 Å². The van der Waals surface area contributed by atoms with Crippen molar-refractivity contribution >= 4 is 11.9 Å². The normalized spacial score (nSPS) is 20.5. The first-order valence-corrected chi connectivity index (χ1v) is 15.2. The van der Waals surface area contributed by atoms with Crippen molar-refractivity contribution in [2.45, 2.75) is 75.5 Å². The molecule has 1 aromatic carbocycles. The second kappa shape index (κ2) is 20.8. The van der Waals surface area contributed by atoms with Crippen LogP contribution in [0.3, 0.4) is 0 Å². The van der Waals surface area contributed by atoms with Crippen LogP contribution in [0.2, 0.25) is 0 Å². The summed E-state index contributed by atoms with van der Waals surface area (Å²) >= 11 is 0. The molecule has 16 nitrogen and oxygen atoms in total. The molecule has 1 aliphatic carbocycles. The molecular formula is C30H39F3N2O14. The van der Waals surface area contributed by atoms with Gasteiger partial charge >= 0.3 is 18.1 Å². The Morgan fingerprint density at radius 2 is 1.69 bits per heavy atom. The Morgan fingerprint density at radius 3 is 2.39 bits per heavy atom. The third-order valence-corrected chi connectivity index (χ3v) is 7.20. The fraction of sp³-hybridized carbons (Fsp3) is 0.600. The van der Waals surface area contributed by atoms with Gasteiger partial charge in [0.15, 0.2) is 6.10 Å². The van der Waals surface area contributed by atoms with Gasteiger partial charge in [-0.05, 0) is 49.8 Å². The highest BCUT2D eigenvalue weighted by atomic mass is 19.4. The van der Waals surface area contributed by atoms with Crippen LogP contribution in [0.25, 0.3) is 0 Å². The Balaban J connectivity index is 1.75. The molecule has 0 heterocycles. The second-order valence-electron chi connectivity index (χ2n) is 11.0. The minimum Gasteiger partial charge on any atom is -0.491 e. The number of alkyl halides is 3. The summed E-state index contributed by atoms with van der Waals surface area (Å²) in [5.41, 5.74) is -0.889. The first-order chi connectivity index (χ1) is 23.1. The molecule has 0 saturated heterocycles. The second-order valence-corrected chi connectivity index (χ2v) is 11.0. The SMILES string of the molecule is O=C(CCCC=CC[C@@H]1[C@@H](C=C[C@@H](O)COc2cccc(C(F)(F)F)c2)[C@H](O)C[C@@H]1O)OCC(CO[N+](=O)[O-])OC(=O)CCCO[N+](=O)[O-]. The number of aliphatic hydroxyl groups excluding tert-OH is 3. The van der Waals surface area contributed by atoms with Crippen LogP contribution in [0.5, 0.6) is 5.75 Å². The molecule has 1 saturated carbocycles. The van der Waals surface area contributed by atoms with Gasteiger partial charge in [-0.1, -0.05) is 30.4 Å². The van der Waals surface area contributed by atoms with Crippen molar-refractivity contribution in [2.24, 2.45) is 11.8 Å². The highest BCUT2D eigenvalue weighted by molar-refractivity contribution is 5.70. The summed E-state index contributed by atoms with van der Waals surface area (Å²) < 4.78 is 54.0. The highest BCUT2D eigenvalue weighted by Crippen LogP contribution is 2.36. The van der Waals surface area contributed by atoms with E-state index in [-0.39, 0.29) is 44.6 Å². The zero-order valence-electron chi connectivity index (χ0n) is 26.2. The molecule has 1 unspecified atom stereocenters. The summed E-state index contributed by atoms with van der Waals surface area (Å²) in [6.07, 6.45) is -1.47. The van der Waals surface area contributed by atoms with Crippen LogP contribution in [0, 0.1) is 32.1 Å². The Kier molecular flexibility index (Phi) is 17.3. The van der Waals surface area contributed by atoms with Crippen LogP contribution in [0.1, 0.15) is 50.5 Å². The smallest absolute Gasteiger partial charge is 0.416 e. The van der Waals surface area contributed by atoms with E-state index in [4.69, 9.17) is 14.2 Å². The van der Waals surface area contributed by atoms with E-state index in [1.165, 1.54) is 18.2 Å². The summed E-state index contributed by atoms with van der Waals surface area (Å²) in [5, 5.41) is 49.6. The number of esters is 2. The molecule has 0 spiro atoms. The van der Waals surface area contributed by atoms with Crippen molar-refractivity contribution in [3.8, 4) is 5.75 Å².